The van der Waals surface area contributed by atoms with E-state index >= 15 is 0 Å². The number of Topliss-reactive ketones (excluding diaryl/α,β-unsaturated/α-hetero) is 1. The van der Waals surface area contributed by atoms with Crippen molar-refractivity contribution in [3.63, 3.8) is 0 Å². The van der Waals surface area contributed by atoms with E-state index in [1.807, 2.05) is 38.4 Å². The van der Waals surface area contributed by atoms with Gasteiger partial charge in [-0.15, -0.1) is 0 Å². The van der Waals surface area contributed by atoms with Crippen LogP contribution in [0.15, 0.2) is 82.6 Å². The number of benzene rings is 4. The van der Waals surface area contributed by atoms with Gasteiger partial charge in [0.25, 0.3) is 0 Å². The number of ether oxygens (including phenoxy) is 4. The van der Waals surface area contributed by atoms with E-state index in [0.29, 0.717) is 144 Å². The van der Waals surface area contributed by atoms with Crippen LogP contribution in [-0.4, -0.2) is 165 Å². The lowest BCUT2D eigenvalue weighted by molar-refractivity contribution is -0.119. The van der Waals surface area contributed by atoms with E-state index in [0.717, 1.165) is 52.6 Å². The number of unbranched alkanes of at least 4 members (excludes halogenated alkanes) is 2. The Morgan fingerprint density at radius 3 is 1.58 bits per heavy atom. The average molecular weight is 1200 g/mol. The number of fused-ring (bicyclic) bond motifs is 2. The first-order chi connectivity index (χ1) is 37.5. The number of carbonyl (C=O) groups is 2. The van der Waals surface area contributed by atoms with Crippen molar-refractivity contribution in [2.24, 2.45) is 0 Å². The number of carbonyl (C=O) groups excluding carboxylic acids is 2. The Hall–Kier alpha value is -3.44. The molecule has 0 spiro atoms. The Bertz CT molecular complexity index is 2750. The first-order valence-electron chi connectivity index (χ1n) is 26.9. The molecule has 0 saturated carbocycles. The van der Waals surface area contributed by atoms with Gasteiger partial charge in [-0.05, 0) is 128 Å². The number of urea groups is 1. The normalized spacial score (nSPS) is 20.4. The number of nitrogens with one attached hydrogen (secondary N) is 2. The van der Waals surface area contributed by atoms with Gasteiger partial charge in [-0.1, -0.05) is 77.1 Å². The molecule has 0 unspecified atom stereocenters. The summed E-state index contributed by atoms with van der Waals surface area (Å²) in [4.78, 5) is 29.5. The summed E-state index contributed by atoms with van der Waals surface area (Å²) in [7, 11) is -3.46. The molecule has 8 rings (SSSR count). The number of halogens is 4. The van der Waals surface area contributed by atoms with Crippen LogP contribution in [0.5, 0.6) is 0 Å². The van der Waals surface area contributed by atoms with Crippen LogP contribution < -0.4 is 10.6 Å². The quantitative estimate of drug-likeness (QED) is 0.0543. The molecule has 22 heteroatoms. The van der Waals surface area contributed by atoms with Crippen molar-refractivity contribution < 1.29 is 45.4 Å². The standard InChI is InChI=1S/C56H72Cl4N6O10S2/c1-63-35-50(48-29-41(57)31-54(59)52(48)37-63)39-9-6-13-46(27-39)77(69,70)65-19-15-44(33-65)75-25-23-73-21-8-12-43(67)11-4-3-5-17-61-56(68)62-18-22-74-24-26-76-45-16-20-66(34-45)78(71,72)47-14-7-10-40(28-47)51-36-64(2)38-53-49(51)30-42(58)32-55(53)60/h6-7,9-10,13-14,27-32,44-45,50-51H,3-5,8,11-12,15-26,33-38H2,1-2H3,(H2,61,62,68)/t44-,45-,50+,51+/m1/s1. The van der Waals surface area contributed by atoms with Crippen LogP contribution in [0.4, 0.5) is 4.79 Å². The van der Waals surface area contributed by atoms with Gasteiger partial charge in [-0.2, -0.15) is 8.61 Å². The van der Waals surface area contributed by atoms with Crippen LogP contribution in [0.3, 0.4) is 0 Å². The molecular formula is C56H72Cl4N6O10S2. The molecule has 0 aromatic heterocycles. The summed E-state index contributed by atoms with van der Waals surface area (Å²) in [6, 6.07) is 21.4. The smallest absolute Gasteiger partial charge is 0.314 e. The summed E-state index contributed by atoms with van der Waals surface area (Å²) < 4.78 is 81.4. The number of rotatable bonds is 27. The lowest BCUT2D eigenvalue weighted by Gasteiger charge is -2.33. The van der Waals surface area contributed by atoms with Gasteiger partial charge in [0, 0.05) is 117 Å². The average Bonchev–Trinajstić information content (AvgIpc) is 4.16. The second-order valence-corrected chi connectivity index (χ2v) is 26.3. The monoisotopic (exact) mass is 1190 g/mol. The highest BCUT2D eigenvalue weighted by Crippen LogP contribution is 2.41. The zero-order valence-corrected chi connectivity index (χ0v) is 49.1. The fourth-order valence-electron chi connectivity index (χ4n) is 10.8. The van der Waals surface area contributed by atoms with E-state index in [2.05, 4.69) is 20.4 Å². The highest BCUT2D eigenvalue weighted by Gasteiger charge is 2.36. The van der Waals surface area contributed by atoms with Gasteiger partial charge in [0.05, 0.1) is 55.0 Å². The topological polar surface area (TPSA) is 176 Å². The maximum atomic E-state index is 13.8. The van der Waals surface area contributed by atoms with E-state index < -0.39 is 20.0 Å². The summed E-state index contributed by atoms with van der Waals surface area (Å²) in [5.74, 6) is 0.0212. The minimum Gasteiger partial charge on any atom is -0.379 e. The molecule has 4 aromatic carbocycles. The first kappa shape index (κ1) is 60.7. The number of hydrogen-bond donors (Lipinski definition) is 2. The number of sulfonamides is 2. The number of likely N-dealkylation sites (N-methyl/N-ethyl adjacent to an activating group) is 2. The molecule has 426 valence electrons. The lowest BCUT2D eigenvalue weighted by Crippen LogP contribution is -2.37. The van der Waals surface area contributed by atoms with Gasteiger partial charge < -0.3 is 39.4 Å². The SMILES string of the molecule is CN1Cc2c(Cl)cc(Cl)cc2[C@H](c2cccc(S(=O)(=O)N3CC[C@@H](OCCOCCCC(=O)CCCCCNC(=O)NCCOCCO[C@@H]4CCN(S(=O)(=O)c5cccc([C@@H]6CN(C)Cc7c(Cl)cc(Cl)cc76)c5)C4)C3)c2)C1. The minimum atomic E-state index is -3.75. The Balaban J connectivity index is 0.608. The van der Waals surface area contributed by atoms with Gasteiger partial charge >= 0.3 is 6.03 Å². The minimum absolute atomic E-state index is 0.0764. The molecule has 78 heavy (non-hydrogen) atoms. The fourth-order valence-corrected chi connectivity index (χ4v) is 15.0. The van der Waals surface area contributed by atoms with Gasteiger partial charge in [-0.3, -0.25) is 4.79 Å². The Morgan fingerprint density at radius 2 is 1.05 bits per heavy atom. The van der Waals surface area contributed by atoms with E-state index in [9.17, 15) is 26.4 Å². The molecule has 2 amide bonds. The van der Waals surface area contributed by atoms with Crippen molar-refractivity contribution in [3.8, 4) is 0 Å². The highest BCUT2D eigenvalue weighted by molar-refractivity contribution is 7.89. The Labute approximate surface area is 480 Å². The molecule has 4 aliphatic heterocycles. The fraction of sp³-hybridized carbons (Fsp3) is 0.536. The molecule has 0 bridgehead atoms. The summed E-state index contributed by atoms with van der Waals surface area (Å²) in [6.45, 7) is 6.88. The van der Waals surface area contributed by atoms with E-state index in [1.165, 1.54) is 8.61 Å². The van der Waals surface area contributed by atoms with Crippen LogP contribution in [-0.2, 0) is 56.9 Å². The number of hydrogen-bond acceptors (Lipinski definition) is 12. The van der Waals surface area contributed by atoms with Crippen LogP contribution in [0.2, 0.25) is 20.1 Å². The molecule has 16 nitrogen and oxygen atoms in total. The zero-order chi connectivity index (χ0) is 55.4. The largest absolute Gasteiger partial charge is 0.379 e. The lowest BCUT2D eigenvalue weighted by atomic mass is 9.85. The Kier molecular flexibility index (Phi) is 22.2. The second-order valence-electron chi connectivity index (χ2n) is 20.7. The second kappa shape index (κ2) is 28.5. The molecule has 2 N–H and O–H groups in total. The molecule has 4 aromatic rings. The van der Waals surface area contributed by atoms with Gasteiger partial charge in [-0.25, -0.2) is 21.6 Å². The summed E-state index contributed by atoms with van der Waals surface area (Å²) >= 11 is 25.9. The molecule has 0 aliphatic carbocycles. The van der Waals surface area contributed by atoms with E-state index in [1.54, 1.807) is 48.5 Å². The van der Waals surface area contributed by atoms with Gasteiger partial charge in [0.1, 0.15) is 5.78 Å². The van der Waals surface area contributed by atoms with Crippen LogP contribution in [0.25, 0.3) is 0 Å². The number of ketones is 1. The predicted molar refractivity (Wildman–Crippen MR) is 304 cm³/mol. The highest BCUT2D eigenvalue weighted by atomic mass is 35.5. The van der Waals surface area contributed by atoms with E-state index in [-0.39, 0.29) is 58.7 Å². The van der Waals surface area contributed by atoms with Crippen molar-refractivity contribution in [1.82, 2.24) is 29.0 Å². The summed E-state index contributed by atoms with van der Waals surface area (Å²) in [5.41, 5.74) is 5.83. The van der Waals surface area contributed by atoms with Gasteiger partial charge in [0.15, 0.2) is 0 Å². The summed E-state index contributed by atoms with van der Waals surface area (Å²) in [5, 5.41) is 7.94. The molecule has 0 radical (unpaired) electrons. The summed E-state index contributed by atoms with van der Waals surface area (Å²) in [6.07, 6.45) is 4.51. The Morgan fingerprint density at radius 1 is 0.564 bits per heavy atom. The van der Waals surface area contributed by atoms with Crippen LogP contribution in [0.1, 0.15) is 96.6 Å². The van der Waals surface area contributed by atoms with Crippen molar-refractivity contribution in [3.05, 3.63) is 126 Å². The maximum absolute atomic E-state index is 13.8. The van der Waals surface area contributed by atoms with Crippen molar-refractivity contribution >= 4 is 78.3 Å². The first-order valence-corrected chi connectivity index (χ1v) is 31.3. The van der Waals surface area contributed by atoms with Crippen molar-refractivity contribution in [1.29, 1.82) is 0 Å². The zero-order valence-electron chi connectivity index (χ0n) is 44.4. The maximum Gasteiger partial charge on any atom is 0.314 e. The number of amides is 2. The van der Waals surface area contributed by atoms with Crippen LogP contribution in [0, 0.1) is 0 Å². The third-order valence-corrected chi connectivity index (χ3v) is 19.7. The van der Waals surface area contributed by atoms with E-state index in [4.69, 9.17) is 65.4 Å². The molecule has 4 aliphatic rings. The third kappa shape index (κ3) is 16.2. The predicted octanol–water partition coefficient (Wildman–Crippen LogP) is 8.96. The molecule has 4 heterocycles. The third-order valence-electron chi connectivity index (χ3n) is 14.9. The van der Waals surface area contributed by atoms with Crippen molar-refractivity contribution in [2.75, 3.05) is 106 Å². The number of nitrogens with zero attached hydrogens (tertiary/aromatic N) is 4. The van der Waals surface area contributed by atoms with Gasteiger partial charge in [0.2, 0.25) is 20.0 Å². The molecule has 2 saturated heterocycles. The molecule has 2 fully saturated rings. The molecule has 4 atom stereocenters. The van der Waals surface area contributed by atoms with Crippen LogP contribution >= 0.6 is 46.4 Å². The van der Waals surface area contributed by atoms with Crippen molar-refractivity contribution in [2.45, 2.75) is 98.3 Å². The molecular weight excluding hydrogens is 1120 g/mol.